The van der Waals surface area contributed by atoms with Crippen LogP contribution in [0.25, 0.3) is 0 Å². The van der Waals surface area contributed by atoms with Crippen molar-refractivity contribution in [1.82, 2.24) is 0 Å². The van der Waals surface area contributed by atoms with Gasteiger partial charge in [0.05, 0.1) is 13.2 Å². The average Bonchev–Trinajstić information content (AvgIpc) is 2.73. The number of hydrogen-bond acceptors (Lipinski definition) is 6. The summed E-state index contributed by atoms with van der Waals surface area (Å²) in [5, 5.41) is 17.1. The van der Waals surface area contributed by atoms with E-state index < -0.39 is 11.9 Å². The van der Waals surface area contributed by atoms with Crippen LogP contribution in [0.4, 0.5) is 0 Å². The van der Waals surface area contributed by atoms with E-state index in [1.165, 1.54) is 0 Å². The first-order chi connectivity index (χ1) is 15.4. The number of aliphatic carboxylic acids is 2. The van der Waals surface area contributed by atoms with E-state index in [4.69, 9.17) is 19.7 Å². The normalized spacial score (nSPS) is 10.6. The van der Waals surface area contributed by atoms with Crippen molar-refractivity contribution < 1.29 is 38.9 Å². The second-order valence-corrected chi connectivity index (χ2v) is 8.18. The summed E-state index contributed by atoms with van der Waals surface area (Å²) >= 11 is 0. The number of esters is 2. The summed E-state index contributed by atoms with van der Waals surface area (Å²) in [5.74, 6) is -1.90. The number of carboxylic acids is 2. The molecule has 2 N–H and O–H groups in total. The summed E-state index contributed by atoms with van der Waals surface area (Å²) < 4.78 is 10.4. The van der Waals surface area contributed by atoms with Gasteiger partial charge in [-0.1, -0.05) is 51.4 Å². The Kier molecular flexibility index (Phi) is 20.6. The SMILES string of the molecule is O=C(O)CCCCCCCCC(=O)OCCCCOC(=O)CCCCCCCCC(=O)O. The number of ether oxygens (including phenoxy) is 2. The predicted octanol–water partition coefficient (Wildman–Crippen LogP) is 5.26. The number of unbranched alkanes of at least 4 members (excludes halogenated alkanes) is 11. The van der Waals surface area contributed by atoms with Gasteiger partial charge in [0, 0.05) is 25.7 Å². The summed E-state index contributed by atoms with van der Waals surface area (Å²) in [4.78, 5) is 44.1. The van der Waals surface area contributed by atoms with E-state index in [2.05, 4.69) is 0 Å². The Morgan fingerprint density at radius 3 is 1.00 bits per heavy atom. The van der Waals surface area contributed by atoms with Gasteiger partial charge in [0.25, 0.3) is 0 Å². The van der Waals surface area contributed by atoms with Crippen molar-refractivity contribution in [3.05, 3.63) is 0 Å². The van der Waals surface area contributed by atoms with E-state index in [9.17, 15) is 19.2 Å². The molecule has 0 aromatic rings. The van der Waals surface area contributed by atoms with Gasteiger partial charge in [0.15, 0.2) is 0 Å². The first-order valence-electron chi connectivity index (χ1n) is 12.2. The van der Waals surface area contributed by atoms with E-state index in [1.807, 2.05) is 0 Å². The quantitative estimate of drug-likeness (QED) is 0.157. The Hall–Kier alpha value is -2.12. The number of carbonyl (C=O) groups excluding carboxylic acids is 2. The van der Waals surface area contributed by atoms with Gasteiger partial charge in [0.2, 0.25) is 0 Å². The minimum absolute atomic E-state index is 0.198. The number of rotatable bonds is 23. The smallest absolute Gasteiger partial charge is 0.305 e. The Morgan fingerprint density at radius 1 is 0.406 bits per heavy atom. The maximum Gasteiger partial charge on any atom is 0.305 e. The van der Waals surface area contributed by atoms with Crippen LogP contribution in [-0.2, 0) is 28.7 Å². The summed E-state index contributed by atoms with van der Waals surface area (Å²) in [6.45, 7) is 0.681. The number of carboxylic acid groups (broad SMARTS) is 2. The average molecular weight is 459 g/mol. The molecule has 0 saturated carbocycles. The van der Waals surface area contributed by atoms with Crippen LogP contribution in [-0.4, -0.2) is 47.3 Å². The van der Waals surface area contributed by atoms with Gasteiger partial charge in [-0.05, 0) is 38.5 Å². The largest absolute Gasteiger partial charge is 0.481 e. The highest BCUT2D eigenvalue weighted by atomic mass is 16.5. The van der Waals surface area contributed by atoms with Crippen molar-refractivity contribution in [3.63, 3.8) is 0 Å². The zero-order valence-corrected chi connectivity index (χ0v) is 19.5. The molecule has 0 aromatic heterocycles. The van der Waals surface area contributed by atoms with Crippen LogP contribution in [0.3, 0.4) is 0 Å². The van der Waals surface area contributed by atoms with Gasteiger partial charge >= 0.3 is 23.9 Å². The second-order valence-electron chi connectivity index (χ2n) is 8.18. The van der Waals surface area contributed by atoms with Crippen LogP contribution in [0.15, 0.2) is 0 Å². The lowest BCUT2D eigenvalue weighted by Crippen LogP contribution is -2.08. The maximum absolute atomic E-state index is 11.7. The van der Waals surface area contributed by atoms with Crippen LogP contribution in [0.2, 0.25) is 0 Å². The van der Waals surface area contributed by atoms with Crippen molar-refractivity contribution in [3.8, 4) is 0 Å². The van der Waals surface area contributed by atoms with E-state index in [-0.39, 0.29) is 24.8 Å². The molecule has 8 heteroatoms. The molecule has 0 unspecified atom stereocenters. The third kappa shape index (κ3) is 24.2. The lowest BCUT2D eigenvalue weighted by Gasteiger charge is -2.06. The highest BCUT2D eigenvalue weighted by Crippen LogP contribution is 2.10. The Labute approximate surface area is 192 Å². The van der Waals surface area contributed by atoms with Gasteiger partial charge in [-0.3, -0.25) is 19.2 Å². The molecule has 0 bridgehead atoms. The molecule has 0 aliphatic heterocycles. The van der Waals surface area contributed by atoms with E-state index in [0.717, 1.165) is 64.2 Å². The van der Waals surface area contributed by atoms with E-state index in [1.54, 1.807) is 0 Å². The molecule has 0 aromatic carbocycles. The molecule has 0 aliphatic rings. The molecule has 0 heterocycles. The minimum Gasteiger partial charge on any atom is -0.481 e. The highest BCUT2D eigenvalue weighted by Gasteiger charge is 2.05. The Morgan fingerprint density at radius 2 is 0.688 bits per heavy atom. The zero-order valence-electron chi connectivity index (χ0n) is 19.5. The molecule has 32 heavy (non-hydrogen) atoms. The first-order valence-corrected chi connectivity index (χ1v) is 12.2. The van der Waals surface area contributed by atoms with Crippen molar-refractivity contribution in [2.75, 3.05) is 13.2 Å². The Bertz CT molecular complexity index is 472. The Balaban J connectivity index is 3.32. The summed E-state index contributed by atoms with van der Waals surface area (Å²) in [7, 11) is 0. The molecule has 0 amide bonds. The summed E-state index contributed by atoms with van der Waals surface area (Å²) in [5.41, 5.74) is 0. The molecular formula is C24H42O8. The van der Waals surface area contributed by atoms with Crippen LogP contribution >= 0.6 is 0 Å². The van der Waals surface area contributed by atoms with E-state index in [0.29, 0.717) is 51.7 Å². The second kappa shape index (κ2) is 22.1. The van der Waals surface area contributed by atoms with Crippen LogP contribution in [0.1, 0.15) is 116 Å². The molecule has 0 saturated heterocycles. The van der Waals surface area contributed by atoms with Gasteiger partial charge in [-0.2, -0.15) is 0 Å². The number of carbonyl (C=O) groups is 4. The van der Waals surface area contributed by atoms with Crippen molar-refractivity contribution in [2.45, 2.75) is 116 Å². The van der Waals surface area contributed by atoms with Gasteiger partial charge in [-0.25, -0.2) is 0 Å². The van der Waals surface area contributed by atoms with Gasteiger partial charge in [-0.15, -0.1) is 0 Å². The minimum atomic E-state index is -0.749. The third-order valence-electron chi connectivity index (χ3n) is 5.11. The summed E-state index contributed by atoms with van der Waals surface area (Å²) in [6.07, 6.45) is 13.3. The van der Waals surface area contributed by atoms with E-state index >= 15 is 0 Å². The molecule has 0 rings (SSSR count). The molecule has 0 spiro atoms. The van der Waals surface area contributed by atoms with Crippen LogP contribution in [0, 0.1) is 0 Å². The van der Waals surface area contributed by atoms with Crippen molar-refractivity contribution >= 4 is 23.9 Å². The van der Waals surface area contributed by atoms with Crippen molar-refractivity contribution in [1.29, 1.82) is 0 Å². The molecule has 8 nitrogen and oxygen atoms in total. The topological polar surface area (TPSA) is 127 Å². The monoisotopic (exact) mass is 458 g/mol. The van der Waals surface area contributed by atoms with Crippen molar-refractivity contribution in [2.24, 2.45) is 0 Å². The lowest BCUT2D eigenvalue weighted by molar-refractivity contribution is -0.146. The molecule has 186 valence electrons. The van der Waals surface area contributed by atoms with Crippen LogP contribution < -0.4 is 0 Å². The van der Waals surface area contributed by atoms with Gasteiger partial charge < -0.3 is 19.7 Å². The fourth-order valence-corrected chi connectivity index (χ4v) is 3.23. The van der Waals surface area contributed by atoms with Crippen LogP contribution in [0.5, 0.6) is 0 Å². The highest BCUT2D eigenvalue weighted by molar-refractivity contribution is 5.69. The predicted molar refractivity (Wildman–Crippen MR) is 120 cm³/mol. The molecule has 0 fully saturated rings. The molecule has 0 radical (unpaired) electrons. The van der Waals surface area contributed by atoms with Gasteiger partial charge in [0.1, 0.15) is 0 Å². The fraction of sp³-hybridized carbons (Fsp3) is 0.833. The molecule has 0 atom stereocenters. The lowest BCUT2D eigenvalue weighted by atomic mass is 10.1. The molecular weight excluding hydrogens is 416 g/mol. The third-order valence-corrected chi connectivity index (χ3v) is 5.11. The standard InChI is InChI=1S/C24H42O8/c25-21(26)15-9-5-1-3-7-11-17-23(29)31-19-13-14-20-32-24(30)18-12-8-4-2-6-10-16-22(27)28/h1-20H2,(H,25,26)(H,27,28). The summed E-state index contributed by atoms with van der Waals surface area (Å²) in [6, 6.07) is 0. The zero-order chi connectivity index (χ0) is 23.9. The fourth-order valence-electron chi connectivity index (χ4n) is 3.23. The molecule has 0 aliphatic carbocycles. The number of hydrogen-bond donors (Lipinski definition) is 2. The first kappa shape index (κ1) is 29.9. The maximum atomic E-state index is 11.7.